The van der Waals surface area contributed by atoms with Gasteiger partial charge >= 0.3 is 0 Å². The monoisotopic (exact) mass is 234 g/mol. The van der Waals surface area contributed by atoms with Crippen LogP contribution in [0.15, 0.2) is 12.4 Å². The van der Waals surface area contributed by atoms with Crippen molar-refractivity contribution in [3.63, 3.8) is 0 Å². The van der Waals surface area contributed by atoms with Crippen molar-refractivity contribution in [2.75, 3.05) is 18.0 Å². The fourth-order valence-corrected chi connectivity index (χ4v) is 2.25. The number of nitrogens with zero attached hydrogens (tertiary/aromatic N) is 3. The quantitative estimate of drug-likeness (QED) is 0.864. The van der Waals surface area contributed by atoms with E-state index in [0.29, 0.717) is 6.04 Å². The Balaban J connectivity index is 2.01. The Labute approximate surface area is 103 Å². The van der Waals surface area contributed by atoms with Crippen molar-refractivity contribution in [3.05, 3.63) is 18.0 Å². The summed E-state index contributed by atoms with van der Waals surface area (Å²) < 4.78 is 0. The summed E-state index contributed by atoms with van der Waals surface area (Å²) in [5.74, 6) is 0.887. The lowest BCUT2D eigenvalue weighted by Crippen LogP contribution is -2.38. The molecule has 2 rings (SSSR count). The molecule has 0 aliphatic carbocycles. The highest BCUT2D eigenvalue weighted by molar-refractivity contribution is 5.32. The molecule has 4 nitrogen and oxygen atoms in total. The molecule has 1 aromatic rings. The Morgan fingerprint density at radius 3 is 2.76 bits per heavy atom. The first kappa shape index (κ1) is 12.3. The highest BCUT2D eigenvalue weighted by Gasteiger charge is 2.20. The minimum absolute atomic E-state index is 0.573. The summed E-state index contributed by atoms with van der Waals surface area (Å²) >= 11 is 0. The number of nitrogens with one attached hydrogen (secondary N) is 1. The van der Waals surface area contributed by atoms with Gasteiger partial charge in [0.1, 0.15) is 0 Å². The van der Waals surface area contributed by atoms with Crippen molar-refractivity contribution in [1.29, 1.82) is 0 Å². The molecule has 2 heterocycles. The van der Waals surface area contributed by atoms with Gasteiger partial charge in [-0.25, -0.2) is 9.97 Å². The van der Waals surface area contributed by atoms with Crippen molar-refractivity contribution in [2.45, 2.75) is 45.7 Å². The maximum Gasteiger partial charge on any atom is 0.225 e. The molecule has 0 spiro atoms. The van der Waals surface area contributed by atoms with E-state index < -0.39 is 0 Å². The lowest BCUT2D eigenvalue weighted by Gasteiger charge is -2.33. The number of piperidine rings is 1. The van der Waals surface area contributed by atoms with Crippen LogP contribution in [0.2, 0.25) is 0 Å². The van der Waals surface area contributed by atoms with E-state index in [2.05, 4.69) is 34.0 Å². The van der Waals surface area contributed by atoms with Gasteiger partial charge in [0, 0.05) is 37.1 Å². The Bertz CT molecular complexity index is 336. The lowest BCUT2D eigenvalue weighted by molar-refractivity contribution is 0.477. The second kappa shape index (κ2) is 5.96. The fraction of sp³-hybridized carbons (Fsp3) is 0.692. The molecule has 0 aromatic carbocycles. The summed E-state index contributed by atoms with van der Waals surface area (Å²) in [6.45, 7) is 7.28. The number of aromatic nitrogens is 2. The maximum absolute atomic E-state index is 4.48. The molecule has 1 aliphatic heterocycles. The summed E-state index contributed by atoms with van der Waals surface area (Å²) in [6.07, 6.45) is 7.71. The summed E-state index contributed by atoms with van der Waals surface area (Å²) in [7, 11) is 0. The third-order valence-electron chi connectivity index (χ3n) is 3.33. The predicted octanol–water partition coefficient (Wildman–Crippen LogP) is 1.96. The van der Waals surface area contributed by atoms with E-state index in [9.17, 15) is 0 Å². The van der Waals surface area contributed by atoms with Crippen molar-refractivity contribution in [3.8, 4) is 0 Å². The summed E-state index contributed by atoms with van der Waals surface area (Å²) in [5, 5.41) is 3.28. The highest BCUT2D eigenvalue weighted by atomic mass is 15.3. The van der Waals surface area contributed by atoms with Crippen LogP contribution in [-0.2, 0) is 6.54 Å². The van der Waals surface area contributed by atoms with Crippen LogP contribution in [0.4, 0.5) is 5.95 Å². The zero-order chi connectivity index (χ0) is 12.1. The van der Waals surface area contributed by atoms with E-state index in [4.69, 9.17) is 0 Å². The molecule has 1 saturated heterocycles. The zero-order valence-electron chi connectivity index (χ0n) is 10.8. The molecule has 0 amide bonds. The summed E-state index contributed by atoms with van der Waals surface area (Å²) in [6, 6.07) is 0.573. The van der Waals surface area contributed by atoms with Gasteiger partial charge in [0.05, 0.1) is 0 Å². The molecule has 0 bridgehead atoms. The van der Waals surface area contributed by atoms with Crippen LogP contribution in [0.1, 0.15) is 38.7 Å². The van der Waals surface area contributed by atoms with E-state index in [1.807, 2.05) is 12.4 Å². The van der Waals surface area contributed by atoms with Crippen molar-refractivity contribution >= 4 is 5.95 Å². The third kappa shape index (κ3) is 3.16. The summed E-state index contributed by atoms with van der Waals surface area (Å²) in [5.41, 5.74) is 1.15. The van der Waals surface area contributed by atoms with E-state index >= 15 is 0 Å². The first-order valence-electron chi connectivity index (χ1n) is 6.59. The summed E-state index contributed by atoms with van der Waals surface area (Å²) in [4.78, 5) is 11.3. The Kier molecular flexibility index (Phi) is 4.31. The standard InChI is InChI=1S/C13H22N4/c1-3-14-8-12-9-15-13(16-10-12)17-7-5-4-6-11(17)2/h9-11,14H,3-8H2,1-2H3. The minimum Gasteiger partial charge on any atom is -0.338 e. The number of hydrogen-bond acceptors (Lipinski definition) is 4. The van der Waals surface area contributed by atoms with E-state index in [1.165, 1.54) is 19.3 Å². The average molecular weight is 234 g/mol. The van der Waals surface area contributed by atoms with Gasteiger partial charge in [0.25, 0.3) is 0 Å². The normalized spacial score (nSPS) is 20.6. The van der Waals surface area contributed by atoms with Crippen LogP contribution >= 0.6 is 0 Å². The Morgan fingerprint density at radius 2 is 2.12 bits per heavy atom. The Hall–Kier alpha value is -1.16. The molecule has 17 heavy (non-hydrogen) atoms. The van der Waals surface area contributed by atoms with Crippen molar-refractivity contribution < 1.29 is 0 Å². The molecule has 1 atom stereocenters. The largest absolute Gasteiger partial charge is 0.338 e. The van der Waals surface area contributed by atoms with E-state index in [0.717, 1.165) is 31.1 Å². The van der Waals surface area contributed by atoms with E-state index in [-0.39, 0.29) is 0 Å². The van der Waals surface area contributed by atoms with Crippen LogP contribution < -0.4 is 10.2 Å². The van der Waals surface area contributed by atoms with Gasteiger partial charge in [0.15, 0.2) is 0 Å². The van der Waals surface area contributed by atoms with Crippen LogP contribution in [-0.4, -0.2) is 29.1 Å². The van der Waals surface area contributed by atoms with Gasteiger partial charge in [-0.3, -0.25) is 0 Å². The molecular weight excluding hydrogens is 212 g/mol. The fourth-order valence-electron chi connectivity index (χ4n) is 2.25. The van der Waals surface area contributed by atoms with Crippen LogP contribution in [0.5, 0.6) is 0 Å². The van der Waals surface area contributed by atoms with Gasteiger partial charge in [-0.15, -0.1) is 0 Å². The molecule has 1 aromatic heterocycles. The average Bonchev–Trinajstić information content (AvgIpc) is 2.38. The number of rotatable bonds is 4. The van der Waals surface area contributed by atoms with Gasteiger partial charge in [-0.1, -0.05) is 6.92 Å². The van der Waals surface area contributed by atoms with Gasteiger partial charge in [-0.05, 0) is 32.7 Å². The van der Waals surface area contributed by atoms with Crippen LogP contribution in [0, 0.1) is 0 Å². The predicted molar refractivity (Wildman–Crippen MR) is 70.1 cm³/mol. The zero-order valence-corrected chi connectivity index (χ0v) is 10.8. The van der Waals surface area contributed by atoms with Crippen molar-refractivity contribution in [2.24, 2.45) is 0 Å². The first-order valence-corrected chi connectivity index (χ1v) is 6.59. The molecular formula is C13H22N4. The highest BCUT2D eigenvalue weighted by Crippen LogP contribution is 2.20. The molecule has 0 radical (unpaired) electrons. The second-order valence-corrected chi connectivity index (χ2v) is 4.71. The lowest BCUT2D eigenvalue weighted by atomic mass is 10.0. The van der Waals surface area contributed by atoms with Gasteiger partial charge in [0.2, 0.25) is 5.95 Å². The van der Waals surface area contributed by atoms with Crippen LogP contribution in [0.3, 0.4) is 0 Å². The van der Waals surface area contributed by atoms with Crippen LogP contribution in [0.25, 0.3) is 0 Å². The SMILES string of the molecule is CCNCc1cnc(N2CCCCC2C)nc1. The number of anilines is 1. The molecule has 1 fully saturated rings. The molecule has 94 valence electrons. The van der Waals surface area contributed by atoms with Gasteiger partial charge in [-0.2, -0.15) is 0 Å². The third-order valence-corrected chi connectivity index (χ3v) is 3.33. The smallest absolute Gasteiger partial charge is 0.225 e. The second-order valence-electron chi connectivity index (χ2n) is 4.71. The molecule has 1 unspecified atom stereocenters. The maximum atomic E-state index is 4.48. The van der Waals surface area contributed by atoms with E-state index in [1.54, 1.807) is 0 Å². The molecule has 4 heteroatoms. The molecule has 1 aliphatic rings. The first-order chi connectivity index (χ1) is 8.31. The number of hydrogen-bond donors (Lipinski definition) is 1. The Morgan fingerprint density at radius 1 is 1.35 bits per heavy atom. The molecule has 0 saturated carbocycles. The molecule has 1 N–H and O–H groups in total. The minimum atomic E-state index is 0.573. The van der Waals surface area contributed by atoms with Crippen molar-refractivity contribution in [1.82, 2.24) is 15.3 Å². The topological polar surface area (TPSA) is 41.1 Å². The van der Waals surface area contributed by atoms with Gasteiger partial charge < -0.3 is 10.2 Å².